The number of imide groups is 2. The molecule has 11 nitrogen and oxygen atoms in total. The lowest BCUT2D eigenvalue weighted by atomic mass is 9.69. The van der Waals surface area contributed by atoms with Gasteiger partial charge in [-0.05, 0) is 49.8 Å². The molecule has 11 heteroatoms. The van der Waals surface area contributed by atoms with E-state index in [1.807, 2.05) is 34.0 Å². The van der Waals surface area contributed by atoms with Crippen molar-refractivity contribution in [3.05, 3.63) is 83.2 Å². The summed E-state index contributed by atoms with van der Waals surface area (Å²) in [5.74, 6) is -1.88. The molecular formula is C34H36N6O5. The maximum absolute atomic E-state index is 13.5. The van der Waals surface area contributed by atoms with E-state index in [0.29, 0.717) is 25.3 Å². The first-order valence-corrected chi connectivity index (χ1v) is 15.7. The molecule has 3 fully saturated rings. The van der Waals surface area contributed by atoms with Gasteiger partial charge in [-0.15, -0.1) is 0 Å². The monoisotopic (exact) mass is 608 g/mol. The molecule has 7 rings (SSSR count). The van der Waals surface area contributed by atoms with Crippen LogP contribution in [0.25, 0.3) is 0 Å². The summed E-state index contributed by atoms with van der Waals surface area (Å²) in [6.45, 7) is 3.76. The van der Waals surface area contributed by atoms with Crippen molar-refractivity contribution in [2.45, 2.75) is 70.0 Å². The molecule has 1 aliphatic carbocycles. The van der Waals surface area contributed by atoms with E-state index >= 15 is 0 Å². The third-order valence-electron chi connectivity index (χ3n) is 10.2. The van der Waals surface area contributed by atoms with E-state index in [9.17, 15) is 24.0 Å². The molecule has 5 amide bonds. The number of hydrogen-bond donors (Lipinski definition) is 2. The number of carbonyl (C=O) groups excluding carboxylic acids is 5. The number of fused-ring (bicyclic) bond motifs is 1. The average molecular weight is 609 g/mol. The van der Waals surface area contributed by atoms with Crippen LogP contribution in [0.3, 0.4) is 0 Å². The number of rotatable bonds is 7. The molecule has 0 radical (unpaired) electrons. The Morgan fingerprint density at radius 1 is 0.978 bits per heavy atom. The Hall–Kier alpha value is -4.80. The lowest BCUT2D eigenvalue weighted by Gasteiger charge is -2.46. The van der Waals surface area contributed by atoms with Crippen molar-refractivity contribution in [3.63, 3.8) is 0 Å². The summed E-state index contributed by atoms with van der Waals surface area (Å²) in [7, 11) is 0. The van der Waals surface area contributed by atoms with Crippen molar-refractivity contribution < 1.29 is 24.0 Å². The van der Waals surface area contributed by atoms with Crippen LogP contribution < -0.4 is 10.6 Å². The van der Waals surface area contributed by atoms with Crippen LogP contribution in [-0.4, -0.2) is 68.2 Å². The highest BCUT2D eigenvalue weighted by Crippen LogP contribution is 2.44. The minimum absolute atomic E-state index is 0.0666. The molecule has 1 atom stereocenters. The average Bonchev–Trinajstić information content (AvgIpc) is 3.62. The summed E-state index contributed by atoms with van der Waals surface area (Å²) in [6, 6.07) is 14.3. The zero-order chi connectivity index (χ0) is 31.3. The number of carbonyl (C=O) groups is 5. The topological polar surface area (TPSA) is 134 Å². The van der Waals surface area contributed by atoms with Crippen LogP contribution in [0.1, 0.15) is 83.7 Å². The summed E-state index contributed by atoms with van der Waals surface area (Å²) in [6.07, 6.45) is 8.50. The normalized spacial score (nSPS) is 22.1. The smallest absolute Gasteiger partial charge is 0.264 e. The Labute approximate surface area is 260 Å². The number of nitrogens with zero attached hydrogens (tertiary/aromatic N) is 4. The molecule has 1 unspecified atom stereocenters. The second-order valence-electron chi connectivity index (χ2n) is 12.9. The Morgan fingerprint density at radius 3 is 2.42 bits per heavy atom. The van der Waals surface area contributed by atoms with Gasteiger partial charge in [-0.2, -0.15) is 5.10 Å². The van der Waals surface area contributed by atoms with Crippen molar-refractivity contribution in [2.24, 2.45) is 5.41 Å². The number of piperidine rings is 2. The molecule has 4 aliphatic rings. The molecule has 1 aromatic heterocycles. The van der Waals surface area contributed by atoms with Crippen LogP contribution in [-0.2, 0) is 26.5 Å². The largest absolute Gasteiger partial charge is 0.380 e. The zero-order valence-electron chi connectivity index (χ0n) is 25.3. The fraction of sp³-hybridized carbons (Fsp3) is 0.412. The highest BCUT2D eigenvalue weighted by molar-refractivity contribution is 6.25. The highest BCUT2D eigenvalue weighted by Gasteiger charge is 2.47. The quantitative estimate of drug-likeness (QED) is 0.393. The molecule has 3 aromatic rings. The molecule has 2 N–H and O–H groups in total. The van der Waals surface area contributed by atoms with Gasteiger partial charge in [0, 0.05) is 48.9 Å². The van der Waals surface area contributed by atoms with E-state index in [1.54, 1.807) is 24.4 Å². The molecule has 2 aromatic carbocycles. The maximum Gasteiger partial charge on any atom is 0.264 e. The molecular weight excluding hydrogens is 572 g/mol. The van der Waals surface area contributed by atoms with Gasteiger partial charge >= 0.3 is 0 Å². The number of anilines is 1. The van der Waals surface area contributed by atoms with Gasteiger partial charge in [0.25, 0.3) is 11.8 Å². The van der Waals surface area contributed by atoms with Gasteiger partial charge < -0.3 is 10.2 Å². The predicted molar refractivity (Wildman–Crippen MR) is 164 cm³/mol. The first kappa shape index (κ1) is 28.9. The SMILES string of the molecule is CC1(C(=O)N2CCC(c3ccccc3)(n3cc(CNc4cccc5c4C(=O)N(C4CCC(=O)NC4=O)C5=O)cn3)CC2)CCC1. The number of hydrogen-bond acceptors (Lipinski definition) is 7. The molecule has 45 heavy (non-hydrogen) atoms. The summed E-state index contributed by atoms with van der Waals surface area (Å²) in [5, 5.41) is 10.4. The number of aromatic nitrogens is 2. The van der Waals surface area contributed by atoms with Crippen molar-refractivity contribution in [1.29, 1.82) is 0 Å². The van der Waals surface area contributed by atoms with E-state index in [2.05, 4.69) is 29.7 Å². The van der Waals surface area contributed by atoms with Gasteiger partial charge in [0.1, 0.15) is 6.04 Å². The van der Waals surface area contributed by atoms with Crippen LogP contribution in [0.4, 0.5) is 5.69 Å². The van der Waals surface area contributed by atoms with E-state index < -0.39 is 35.2 Å². The van der Waals surface area contributed by atoms with Gasteiger partial charge in [0.05, 0.1) is 22.9 Å². The molecule has 1 saturated carbocycles. The third-order valence-corrected chi connectivity index (χ3v) is 10.2. The molecule has 4 heterocycles. The highest BCUT2D eigenvalue weighted by atomic mass is 16.2. The van der Waals surface area contributed by atoms with Crippen LogP contribution in [0, 0.1) is 5.41 Å². The summed E-state index contributed by atoms with van der Waals surface area (Å²) >= 11 is 0. The Morgan fingerprint density at radius 2 is 1.73 bits per heavy atom. The molecule has 0 spiro atoms. The minimum atomic E-state index is -1.02. The predicted octanol–water partition coefficient (Wildman–Crippen LogP) is 3.45. The van der Waals surface area contributed by atoms with Gasteiger partial charge in [0.15, 0.2) is 0 Å². The number of amides is 5. The van der Waals surface area contributed by atoms with Crippen LogP contribution in [0.5, 0.6) is 0 Å². The second-order valence-corrected chi connectivity index (χ2v) is 12.9. The number of benzene rings is 2. The van der Waals surface area contributed by atoms with Crippen LogP contribution >= 0.6 is 0 Å². The number of likely N-dealkylation sites (tertiary alicyclic amines) is 1. The first-order chi connectivity index (χ1) is 21.7. The summed E-state index contributed by atoms with van der Waals surface area (Å²) in [5.41, 5.74) is 2.34. The van der Waals surface area contributed by atoms with Gasteiger partial charge in [-0.1, -0.05) is 49.7 Å². The standard InChI is InChI=1S/C34H36N6O5/c1-33(13-6-14-33)32(45)38-17-15-34(16-18-38,23-7-3-2-4-8-23)39-21-22(20-36-39)19-35-25-10-5-9-24-28(25)31(44)40(30(24)43)26-11-12-27(41)37-29(26)42/h2-5,7-10,20-21,26,35H,6,11-19H2,1H3,(H,37,41,42). The molecule has 232 valence electrons. The third kappa shape index (κ3) is 4.81. The van der Waals surface area contributed by atoms with Crippen molar-refractivity contribution >= 4 is 35.2 Å². The lowest BCUT2D eigenvalue weighted by Crippen LogP contribution is -2.54. The van der Waals surface area contributed by atoms with Crippen LogP contribution in [0.2, 0.25) is 0 Å². The molecule has 2 saturated heterocycles. The van der Waals surface area contributed by atoms with Crippen molar-refractivity contribution in [3.8, 4) is 0 Å². The first-order valence-electron chi connectivity index (χ1n) is 15.7. The van der Waals surface area contributed by atoms with E-state index in [1.165, 1.54) is 0 Å². The maximum atomic E-state index is 13.5. The van der Waals surface area contributed by atoms with Gasteiger partial charge in [-0.25, -0.2) is 0 Å². The van der Waals surface area contributed by atoms with Gasteiger partial charge in [-0.3, -0.25) is 38.9 Å². The van der Waals surface area contributed by atoms with Crippen molar-refractivity contribution in [2.75, 3.05) is 18.4 Å². The lowest BCUT2D eigenvalue weighted by molar-refractivity contribution is -0.148. The second kappa shape index (κ2) is 11.0. The Bertz CT molecular complexity index is 1700. The van der Waals surface area contributed by atoms with E-state index in [-0.39, 0.29) is 35.3 Å². The Balaban J connectivity index is 1.10. The van der Waals surface area contributed by atoms with Crippen molar-refractivity contribution in [1.82, 2.24) is 24.9 Å². The minimum Gasteiger partial charge on any atom is -0.380 e. The van der Waals surface area contributed by atoms with Crippen LogP contribution in [0.15, 0.2) is 60.9 Å². The summed E-state index contributed by atoms with van der Waals surface area (Å²) < 4.78 is 2.01. The fourth-order valence-corrected chi connectivity index (χ4v) is 7.33. The summed E-state index contributed by atoms with van der Waals surface area (Å²) in [4.78, 5) is 67.1. The fourth-order valence-electron chi connectivity index (χ4n) is 7.33. The van der Waals surface area contributed by atoms with E-state index in [4.69, 9.17) is 5.10 Å². The Kier molecular flexibility index (Phi) is 7.06. The molecule has 3 aliphatic heterocycles. The van der Waals surface area contributed by atoms with E-state index in [0.717, 1.165) is 48.1 Å². The van der Waals surface area contributed by atoms with Gasteiger partial charge in [0.2, 0.25) is 17.7 Å². The number of nitrogens with one attached hydrogen (secondary N) is 2. The molecule has 0 bridgehead atoms. The zero-order valence-corrected chi connectivity index (χ0v) is 25.3.